The highest BCUT2D eigenvalue weighted by molar-refractivity contribution is 5.76. The highest BCUT2D eigenvalue weighted by atomic mass is 16.1. The van der Waals surface area contributed by atoms with Crippen molar-refractivity contribution in [1.29, 1.82) is 0 Å². The monoisotopic (exact) mass is 278 g/mol. The first kappa shape index (κ1) is 14.4. The van der Waals surface area contributed by atoms with E-state index in [1.54, 1.807) is 0 Å². The lowest BCUT2D eigenvalue weighted by Crippen LogP contribution is -2.48. The lowest BCUT2D eigenvalue weighted by atomic mass is 9.49. The molecule has 0 radical (unpaired) electrons. The van der Waals surface area contributed by atoms with Crippen molar-refractivity contribution in [2.24, 2.45) is 29.1 Å². The molecule has 4 saturated carbocycles. The average Bonchev–Trinajstić information content (AvgIpc) is 2.34. The Bertz CT molecular complexity index is 331. The molecule has 4 bridgehead atoms. The fourth-order valence-corrected chi connectivity index (χ4v) is 5.62. The molecule has 0 aromatic heterocycles. The molecular weight excluding hydrogens is 248 g/mol. The van der Waals surface area contributed by atoms with Gasteiger partial charge >= 0.3 is 0 Å². The Labute approximate surface area is 123 Å². The van der Waals surface area contributed by atoms with E-state index in [9.17, 15) is 4.79 Å². The van der Waals surface area contributed by atoms with Crippen molar-refractivity contribution in [1.82, 2.24) is 10.6 Å². The van der Waals surface area contributed by atoms with Crippen molar-refractivity contribution in [2.75, 3.05) is 20.1 Å². The second-order valence-electron chi connectivity index (χ2n) is 8.06. The van der Waals surface area contributed by atoms with Crippen LogP contribution in [0, 0.1) is 29.1 Å². The molecule has 0 spiro atoms. The fraction of sp³-hybridized carbons (Fsp3) is 0.941. The van der Waals surface area contributed by atoms with E-state index in [1.807, 2.05) is 7.05 Å². The van der Waals surface area contributed by atoms with Crippen molar-refractivity contribution in [3.63, 3.8) is 0 Å². The molecule has 3 nitrogen and oxygen atoms in total. The van der Waals surface area contributed by atoms with Crippen LogP contribution in [-0.2, 0) is 4.79 Å². The Morgan fingerprint density at radius 1 is 1.10 bits per heavy atom. The average molecular weight is 278 g/mol. The van der Waals surface area contributed by atoms with Gasteiger partial charge in [-0.25, -0.2) is 0 Å². The van der Waals surface area contributed by atoms with Crippen LogP contribution < -0.4 is 10.6 Å². The third kappa shape index (κ3) is 3.03. The van der Waals surface area contributed by atoms with E-state index in [-0.39, 0.29) is 0 Å². The molecule has 20 heavy (non-hydrogen) atoms. The van der Waals surface area contributed by atoms with Gasteiger partial charge in [-0.3, -0.25) is 4.79 Å². The van der Waals surface area contributed by atoms with Crippen LogP contribution in [0.2, 0.25) is 0 Å². The Kier molecular flexibility index (Phi) is 4.07. The molecule has 0 heterocycles. The first-order chi connectivity index (χ1) is 9.58. The third-order valence-electron chi connectivity index (χ3n) is 5.90. The van der Waals surface area contributed by atoms with Crippen LogP contribution in [0.5, 0.6) is 0 Å². The van der Waals surface area contributed by atoms with E-state index in [2.05, 4.69) is 17.6 Å². The van der Waals surface area contributed by atoms with Crippen LogP contribution in [0.25, 0.3) is 0 Å². The number of nitrogens with one attached hydrogen (secondary N) is 2. The molecule has 114 valence electrons. The van der Waals surface area contributed by atoms with Crippen LogP contribution >= 0.6 is 0 Å². The van der Waals surface area contributed by atoms with Gasteiger partial charge < -0.3 is 10.6 Å². The second kappa shape index (κ2) is 5.67. The summed E-state index contributed by atoms with van der Waals surface area (Å²) < 4.78 is 0. The van der Waals surface area contributed by atoms with Gasteiger partial charge in [0.05, 0.1) is 0 Å². The smallest absolute Gasteiger partial charge is 0.220 e. The van der Waals surface area contributed by atoms with E-state index < -0.39 is 0 Å². The molecule has 3 heteroatoms. The third-order valence-corrected chi connectivity index (χ3v) is 5.90. The summed E-state index contributed by atoms with van der Waals surface area (Å²) in [6.45, 7) is 3.96. The molecule has 0 aromatic carbocycles. The highest BCUT2D eigenvalue weighted by Crippen LogP contribution is 2.61. The van der Waals surface area contributed by atoms with Gasteiger partial charge in [0.1, 0.15) is 0 Å². The van der Waals surface area contributed by atoms with Crippen LogP contribution in [0.15, 0.2) is 0 Å². The number of hydrogen-bond donors (Lipinski definition) is 2. The van der Waals surface area contributed by atoms with Crippen molar-refractivity contribution in [3.05, 3.63) is 0 Å². The van der Waals surface area contributed by atoms with E-state index in [0.29, 0.717) is 17.2 Å². The summed E-state index contributed by atoms with van der Waals surface area (Å²) in [5, 5.41) is 6.33. The number of carbonyl (C=O) groups excluding carboxylic acids is 1. The zero-order valence-electron chi connectivity index (χ0n) is 13.1. The Morgan fingerprint density at radius 2 is 1.65 bits per heavy atom. The number of carbonyl (C=O) groups is 1. The number of amides is 1. The summed E-state index contributed by atoms with van der Waals surface area (Å²) in [5.41, 5.74) is 0.380. The molecule has 4 rings (SSSR count). The van der Waals surface area contributed by atoms with Crippen LogP contribution in [0.1, 0.15) is 51.9 Å². The normalized spacial score (nSPS) is 39.8. The van der Waals surface area contributed by atoms with Gasteiger partial charge in [0, 0.05) is 13.0 Å². The molecule has 4 fully saturated rings. The molecule has 0 saturated heterocycles. The zero-order chi connectivity index (χ0) is 14.2. The van der Waals surface area contributed by atoms with Crippen LogP contribution in [-0.4, -0.2) is 26.0 Å². The van der Waals surface area contributed by atoms with Gasteiger partial charge in [-0.05, 0) is 81.2 Å². The minimum Gasteiger partial charge on any atom is -0.356 e. The SMILES string of the molecule is CNCC(C)CNC(=O)CC12CC3CC(CC(C3)C1)C2. The predicted molar refractivity (Wildman–Crippen MR) is 81.3 cm³/mol. The fourth-order valence-electron chi connectivity index (χ4n) is 5.62. The minimum atomic E-state index is 0.301. The number of rotatable bonds is 6. The molecule has 1 atom stereocenters. The first-order valence-corrected chi connectivity index (χ1v) is 8.50. The zero-order valence-corrected chi connectivity index (χ0v) is 13.1. The molecule has 1 amide bonds. The maximum Gasteiger partial charge on any atom is 0.220 e. The summed E-state index contributed by atoms with van der Waals surface area (Å²) >= 11 is 0. The Balaban J connectivity index is 1.51. The summed E-state index contributed by atoms with van der Waals surface area (Å²) in [5.74, 6) is 3.64. The molecule has 0 aliphatic heterocycles. The van der Waals surface area contributed by atoms with Gasteiger partial charge in [0.15, 0.2) is 0 Å². The summed E-state index contributed by atoms with van der Waals surface area (Å²) in [4.78, 5) is 12.3. The van der Waals surface area contributed by atoms with Crippen LogP contribution in [0.4, 0.5) is 0 Å². The van der Waals surface area contributed by atoms with Crippen molar-refractivity contribution >= 4 is 5.91 Å². The summed E-state index contributed by atoms with van der Waals surface area (Å²) in [7, 11) is 1.97. The standard InChI is InChI=1S/C17H30N2O/c1-12(10-18-2)11-19-16(20)9-17-6-13-3-14(7-17)5-15(4-13)8-17/h12-15,18H,3-11H2,1-2H3,(H,19,20). The van der Waals surface area contributed by atoms with Gasteiger partial charge in [-0.15, -0.1) is 0 Å². The van der Waals surface area contributed by atoms with E-state index in [1.165, 1.54) is 38.5 Å². The molecule has 0 aromatic rings. The van der Waals surface area contributed by atoms with Gasteiger partial charge in [0.2, 0.25) is 5.91 Å². The molecule has 4 aliphatic carbocycles. The Hall–Kier alpha value is -0.570. The topological polar surface area (TPSA) is 41.1 Å². The maximum atomic E-state index is 12.3. The highest BCUT2D eigenvalue weighted by Gasteiger charge is 2.51. The number of hydrogen-bond acceptors (Lipinski definition) is 2. The predicted octanol–water partition coefficient (Wildman–Crippen LogP) is 2.56. The van der Waals surface area contributed by atoms with Gasteiger partial charge in [0.25, 0.3) is 0 Å². The molecular formula is C17H30N2O. The minimum absolute atomic E-state index is 0.301. The largest absolute Gasteiger partial charge is 0.356 e. The molecule has 4 aliphatic rings. The molecule has 1 unspecified atom stereocenters. The quantitative estimate of drug-likeness (QED) is 0.784. The maximum absolute atomic E-state index is 12.3. The summed E-state index contributed by atoms with van der Waals surface area (Å²) in [6.07, 6.45) is 9.17. The first-order valence-electron chi connectivity index (χ1n) is 8.50. The van der Waals surface area contributed by atoms with Crippen molar-refractivity contribution in [3.8, 4) is 0 Å². The van der Waals surface area contributed by atoms with Gasteiger partial charge in [-0.2, -0.15) is 0 Å². The Morgan fingerprint density at radius 3 is 2.15 bits per heavy atom. The lowest BCUT2D eigenvalue weighted by molar-refractivity contribution is -0.129. The van der Waals surface area contributed by atoms with Crippen molar-refractivity contribution < 1.29 is 4.79 Å². The summed E-state index contributed by atoms with van der Waals surface area (Å²) in [6, 6.07) is 0. The van der Waals surface area contributed by atoms with E-state index in [0.717, 1.165) is 37.3 Å². The van der Waals surface area contributed by atoms with E-state index in [4.69, 9.17) is 0 Å². The molecule has 2 N–H and O–H groups in total. The lowest BCUT2D eigenvalue weighted by Gasteiger charge is -2.56. The van der Waals surface area contributed by atoms with Crippen LogP contribution in [0.3, 0.4) is 0 Å². The van der Waals surface area contributed by atoms with E-state index >= 15 is 0 Å². The van der Waals surface area contributed by atoms with Crippen molar-refractivity contribution in [2.45, 2.75) is 51.9 Å². The second-order valence-corrected chi connectivity index (χ2v) is 8.06. The van der Waals surface area contributed by atoms with Gasteiger partial charge in [-0.1, -0.05) is 6.92 Å².